The predicted octanol–water partition coefficient (Wildman–Crippen LogP) is 4.78. The molecule has 0 radical (unpaired) electrons. The van der Waals surface area contributed by atoms with Crippen LogP contribution in [0.5, 0.6) is 11.6 Å². The van der Waals surface area contributed by atoms with E-state index in [1.54, 1.807) is 54.7 Å². The number of benzene rings is 2. The van der Waals surface area contributed by atoms with Gasteiger partial charge in [-0.3, -0.25) is 4.79 Å². The second-order valence-corrected chi connectivity index (χ2v) is 6.09. The van der Waals surface area contributed by atoms with Gasteiger partial charge in [0, 0.05) is 22.8 Å². The number of hydrogen-bond donors (Lipinski definition) is 1. The van der Waals surface area contributed by atoms with E-state index in [1.165, 1.54) is 0 Å². The smallest absolute Gasteiger partial charge is 0.230 e. The second kappa shape index (κ2) is 7.47. The van der Waals surface area contributed by atoms with Crippen LogP contribution in [-0.4, -0.2) is 10.8 Å². The number of ketones is 1. The molecule has 0 saturated heterocycles. The molecule has 2 aromatic carbocycles. The van der Waals surface area contributed by atoms with Crippen LogP contribution in [0.1, 0.15) is 34.5 Å². The van der Waals surface area contributed by atoms with E-state index < -0.39 is 0 Å². The minimum absolute atomic E-state index is 0.0775. The third kappa shape index (κ3) is 4.05. The van der Waals surface area contributed by atoms with Crippen molar-refractivity contribution in [3.8, 4) is 11.6 Å². The summed E-state index contributed by atoms with van der Waals surface area (Å²) in [4.78, 5) is 17.0. The van der Waals surface area contributed by atoms with Gasteiger partial charge in [-0.2, -0.15) is 0 Å². The Morgan fingerprint density at radius 1 is 1.08 bits per heavy atom. The van der Waals surface area contributed by atoms with E-state index in [1.807, 2.05) is 19.1 Å². The quantitative estimate of drug-likeness (QED) is 0.671. The SMILES string of the molecule is C[C@H](N)c1ccc(C(=O)c2cccnc2Oc2ccc(Cl)cc2)cc1. The first-order chi connectivity index (χ1) is 12.0. The Morgan fingerprint density at radius 2 is 1.76 bits per heavy atom. The number of halogens is 1. The lowest BCUT2D eigenvalue weighted by atomic mass is 10.0. The number of carbonyl (C=O) groups is 1. The molecular weight excluding hydrogens is 336 g/mol. The number of ether oxygens (including phenoxy) is 1. The Hall–Kier alpha value is -2.69. The van der Waals surface area contributed by atoms with Gasteiger partial charge < -0.3 is 10.5 Å². The number of rotatable bonds is 5. The van der Waals surface area contributed by atoms with Crippen LogP contribution >= 0.6 is 11.6 Å². The van der Waals surface area contributed by atoms with Crippen molar-refractivity contribution < 1.29 is 9.53 Å². The van der Waals surface area contributed by atoms with Crippen LogP contribution < -0.4 is 10.5 Å². The van der Waals surface area contributed by atoms with E-state index in [2.05, 4.69) is 4.98 Å². The molecule has 3 rings (SSSR count). The molecule has 0 aliphatic rings. The van der Waals surface area contributed by atoms with Gasteiger partial charge in [0.2, 0.25) is 5.88 Å². The van der Waals surface area contributed by atoms with Gasteiger partial charge in [-0.05, 0) is 48.9 Å². The van der Waals surface area contributed by atoms with Crippen molar-refractivity contribution in [3.63, 3.8) is 0 Å². The number of hydrogen-bond acceptors (Lipinski definition) is 4. The molecule has 1 atom stereocenters. The average Bonchev–Trinajstić information content (AvgIpc) is 2.63. The molecule has 0 bridgehead atoms. The molecule has 126 valence electrons. The maximum Gasteiger partial charge on any atom is 0.230 e. The highest BCUT2D eigenvalue weighted by atomic mass is 35.5. The third-order valence-electron chi connectivity index (χ3n) is 3.74. The standard InChI is InChI=1S/C20H17ClN2O2/c1-13(22)14-4-6-15(7-5-14)19(24)18-3-2-12-23-20(18)25-17-10-8-16(21)9-11-17/h2-13H,22H2,1H3/t13-/m0/s1. The topological polar surface area (TPSA) is 65.2 Å². The van der Waals surface area contributed by atoms with Crippen LogP contribution in [0.3, 0.4) is 0 Å². The first kappa shape index (κ1) is 17.1. The Morgan fingerprint density at radius 3 is 2.40 bits per heavy atom. The zero-order valence-electron chi connectivity index (χ0n) is 13.6. The van der Waals surface area contributed by atoms with Crippen LogP contribution in [0, 0.1) is 0 Å². The molecular formula is C20H17ClN2O2. The predicted molar refractivity (Wildman–Crippen MR) is 98.2 cm³/mol. The van der Waals surface area contributed by atoms with Crippen LogP contribution in [-0.2, 0) is 0 Å². The molecule has 4 nitrogen and oxygen atoms in total. The van der Waals surface area contributed by atoms with Crippen molar-refractivity contribution in [3.05, 3.63) is 88.6 Å². The molecule has 1 heterocycles. The van der Waals surface area contributed by atoms with Gasteiger partial charge in [0.25, 0.3) is 0 Å². The number of carbonyl (C=O) groups excluding carboxylic acids is 1. The van der Waals surface area contributed by atoms with Gasteiger partial charge in [0.1, 0.15) is 5.75 Å². The molecule has 0 amide bonds. The Bertz CT molecular complexity index is 875. The fourth-order valence-corrected chi connectivity index (χ4v) is 2.48. The largest absolute Gasteiger partial charge is 0.438 e. The van der Waals surface area contributed by atoms with Crippen molar-refractivity contribution in [2.45, 2.75) is 13.0 Å². The van der Waals surface area contributed by atoms with Crippen molar-refractivity contribution in [2.24, 2.45) is 5.73 Å². The molecule has 0 saturated carbocycles. The fraction of sp³-hybridized carbons (Fsp3) is 0.100. The molecule has 0 fully saturated rings. The highest BCUT2D eigenvalue weighted by Gasteiger charge is 2.16. The molecule has 0 aliphatic heterocycles. The number of nitrogens with zero attached hydrogens (tertiary/aromatic N) is 1. The molecule has 0 aliphatic carbocycles. The summed E-state index contributed by atoms with van der Waals surface area (Å²) in [6, 6.07) is 17.4. The van der Waals surface area contributed by atoms with Crippen molar-refractivity contribution in [1.29, 1.82) is 0 Å². The lowest BCUT2D eigenvalue weighted by Crippen LogP contribution is -2.07. The summed E-state index contributed by atoms with van der Waals surface area (Å²) >= 11 is 5.88. The van der Waals surface area contributed by atoms with Gasteiger partial charge in [0.15, 0.2) is 5.78 Å². The molecule has 2 N–H and O–H groups in total. The highest BCUT2D eigenvalue weighted by molar-refractivity contribution is 6.30. The van der Waals surface area contributed by atoms with Crippen LogP contribution in [0.2, 0.25) is 5.02 Å². The lowest BCUT2D eigenvalue weighted by Gasteiger charge is -2.10. The number of pyridine rings is 1. The zero-order chi connectivity index (χ0) is 17.8. The van der Waals surface area contributed by atoms with E-state index in [0.29, 0.717) is 21.9 Å². The van der Waals surface area contributed by atoms with E-state index in [0.717, 1.165) is 5.56 Å². The molecule has 25 heavy (non-hydrogen) atoms. The fourth-order valence-electron chi connectivity index (χ4n) is 2.35. The summed E-state index contributed by atoms with van der Waals surface area (Å²) < 4.78 is 5.76. The Labute approximate surface area is 151 Å². The van der Waals surface area contributed by atoms with E-state index in [-0.39, 0.29) is 17.7 Å². The van der Waals surface area contributed by atoms with Crippen LogP contribution in [0.25, 0.3) is 0 Å². The Balaban J connectivity index is 1.89. The monoisotopic (exact) mass is 352 g/mol. The van der Waals surface area contributed by atoms with Crippen molar-refractivity contribution in [2.75, 3.05) is 0 Å². The molecule has 5 heteroatoms. The normalized spacial score (nSPS) is 11.8. The van der Waals surface area contributed by atoms with Gasteiger partial charge in [-0.15, -0.1) is 0 Å². The van der Waals surface area contributed by atoms with Crippen molar-refractivity contribution in [1.82, 2.24) is 4.98 Å². The summed E-state index contributed by atoms with van der Waals surface area (Å²) in [6.07, 6.45) is 1.58. The second-order valence-electron chi connectivity index (χ2n) is 5.65. The molecule has 0 spiro atoms. The number of aromatic nitrogens is 1. The maximum absolute atomic E-state index is 12.8. The van der Waals surface area contributed by atoms with Gasteiger partial charge in [-0.1, -0.05) is 35.9 Å². The van der Waals surface area contributed by atoms with Gasteiger partial charge >= 0.3 is 0 Å². The lowest BCUT2D eigenvalue weighted by molar-refractivity contribution is 0.103. The molecule has 1 aromatic heterocycles. The van der Waals surface area contributed by atoms with E-state index >= 15 is 0 Å². The highest BCUT2D eigenvalue weighted by Crippen LogP contribution is 2.26. The van der Waals surface area contributed by atoms with Gasteiger partial charge in [0.05, 0.1) is 5.56 Å². The summed E-state index contributed by atoms with van der Waals surface area (Å²) in [5, 5.41) is 0.610. The summed E-state index contributed by atoms with van der Waals surface area (Å²) in [7, 11) is 0. The van der Waals surface area contributed by atoms with Crippen LogP contribution in [0.4, 0.5) is 0 Å². The zero-order valence-corrected chi connectivity index (χ0v) is 14.4. The maximum atomic E-state index is 12.8. The first-order valence-corrected chi connectivity index (χ1v) is 8.21. The summed E-state index contributed by atoms with van der Waals surface area (Å²) in [6.45, 7) is 1.90. The minimum atomic E-state index is -0.159. The third-order valence-corrected chi connectivity index (χ3v) is 3.99. The Kier molecular flexibility index (Phi) is 5.12. The average molecular weight is 353 g/mol. The summed E-state index contributed by atoms with van der Waals surface area (Å²) in [5.74, 6) is 0.656. The molecule has 0 unspecified atom stereocenters. The van der Waals surface area contributed by atoms with E-state index in [9.17, 15) is 4.79 Å². The minimum Gasteiger partial charge on any atom is -0.438 e. The first-order valence-electron chi connectivity index (χ1n) is 7.83. The van der Waals surface area contributed by atoms with E-state index in [4.69, 9.17) is 22.1 Å². The van der Waals surface area contributed by atoms with Gasteiger partial charge in [-0.25, -0.2) is 4.98 Å². The van der Waals surface area contributed by atoms with Crippen molar-refractivity contribution >= 4 is 17.4 Å². The molecule has 3 aromatic rings. The number of nitrogens with two attached hydrogens (primary N) is 1. The van der Waals surface area contributed by atoms with Crippen LogP contribution in [0.15, 0.2) is 66.9 Å². The summed E-state index contributed by atoms with van der Waals surface area (Å²) in [5.41, 5.74) is 7.77.